The standard InChI is InChI=1S/C12H6F5NO2/c1-2-18-10-9(17)11(19)3-4(12(10)20)6(14)8(16)7(15)5(3)13/h18H,2H2,1H3. The monoisotopic (exact) mass is 291 g/mol. The summed E-state index contributed by atoms with van der Waals surface area (Å²) in [7, 11) is 0. The van der Waals surface area contributed by atoms with E-state index < -0.39 is 57.5 Å². The Morgan fingerprint density at radius 2 is 1.25 bits per heavy atom. The van der Waals surface area contributed by atoms with Crippen molar-refractivity contribution in [2.75, 3.05) is 6.54 Å². The lowest BCUT2D eigenvalue weighted by Crippen LogP contribution is -2.32. The summed E-state index contributed by atoms with van der Waals surface area (Å²) < 4.78 is 66.8. The maximum absolute atomic E-state index is 13.6. The zero-order valence-corrected chi connectivity index (χ0v) is 9.91. The van der Waals surface area contributed by atoms with Gasteiger partial charge >= 0.3 is 0 Å². The molecule has 3 nitrogen and oxygen atoms in total. The molecule has 0 amide bonds. The maximum Gasteiger partial charge on any atom is 0.227 e. The van der Waals surface area contributed by atoms with Gasteiger partial charge in [0.1, 0.15) is 5.70 Å². The van der Waals surface area contributed by atoms with Gasteiger partial charge in [0.15, 0.2) is 29.1 Å². The van der Waals surface area contributed by atoms with Gasteiger partial charge < -0.3 is 5.32 Å². The number of rotatable bonds is 2. The van der Waals surface area contributed by atoms with Gasteiger partial charge in [-0.25, -0.2) is 22.0 Å². The van der Waals surface area contributed by atoms with Crippen molar-refractivity contribution in [1.29, 1.82) is 0 Å². The molecule has 0 bridgehead atoms. The van der Waals surface area contributed by atoms with Gasteiger partial charge in [0.05, 0.1) is 11.1 Å². The average molecular weight is 291 g/mol. The molecule has 1 aliphatic carbocycles. The number of likely N-dealkylation sites (N-methyl/N-ethyl adjacent to an activating group) is 1. The molecule has 0 aliphatic heterocycles. The Balaban J connectivity index is 2.84. The van der Waals surface area contributed by atoms with E-state index in [0.717, 1.165) is 0 Å². The number of carbonyl (C=O) groups is 2. The number of halogens is 5. The van der Waals surface area contributed by atoms with E-state index in [1.807, 2.05) is 0 Å². The van der Waals surface area contributed by atoms with Gasteiger partial charge in [0.2, 0.25) is 11.6 Å². The first-order valence-electron chi connectivity index (χ1n) is 5.41. The van der Waals surface area contributed by atoms with Gasteiger partial charge in [0.25, 0.3) is 0 Å². The highest BCUT2D eigenvalue weighted by atomic mass is 19.2. The Morgan fingerprint density at radius 3 is 1.70 bits per heavy atom. The summed E-state index contributed by atoms with van der Waals surface area (Å²) in [5.41, 5.74) is -3.66. The summed E-state index contributed by atoms with van der Waals surface area (Å²) in [5.74, 6) is -13.5. The molecule has 0 atom stereocenters. The van der Waals surface area contributed by atoms with E-state index in [-0.39, 0.29) is 6.54 Å². The van der Waals surface area contributed by atoms with Crippen LogP contribution in [0.5, 0.6) is 0 Å². The fourth-order valence-electron chi connectivity index (χ4n) is 1.84. The van der Waals surface area contributed by atoms with Crippen LogP contribution >= 0.6 is 0 Å². The second-order valence-electron chi connectivity index (χ2n) is 3.88. The van der Waals surface area contributed by atoms with Gasteiger partial charge in [-0.3, -0.25) is 9.59 Å². The van der Waals surface area contributed by atoms with E-state index in [1.165, 1.54) is 6.92 Å². The summed E-state index contributed by atoms with van der Waals surface area (Å²) in [6.07, 6.45) is 0. The zero-order valence-electron chi connectivity index (χ0n) is 9.91. The Labute approximate surface area is 109 Å². The molecule has 1 aliphatic rings. The fourth-order valence-corrected chi connectivity index (χ4v) is 1.84. The number of allylic oxidation sites excluding steroid dienone is 2. The molecule has 1 aromatic rings. The third-order valence-corrected chi connectivity index (χ3v) is 2.72. The van der Waals surface area contributed by atoms with Crippen molar-refractivity contribution in [2.45, 2.75) is 6.92 Å². The second kappa shape index (κ2) is 4.69. The van der Waals surface area contributed by atoms with E-state index in [0.29, 0.717) is 0 Å². The third-order valence-electron chi connectivity index (χ3n) is 2.72. The second-order valence-corrected chi connectivity index (χ2v) is 3.88. The Morgan fingerprint density at radius 1 is 0.800 bits per heavy atom. The van der Waals surface area contributed by atoms with Crippen LogP contribution in [0, 0.1) is 23.3 Å². The van der Waals surface area contributed by atoms with Gasteiger partial charge in [0, 0.05) is 6.54 Å². The normalized spacial score (nSPS) is 14.7. The molecule has 0 aromatic heterocycles. The highest BCUT2D eigenvalue weighted by molar-refractivity contribution is 6.26. The SMILES string of the molecule is CCNC1=C(F)C(=O)c2c(F)c(F)c(F)c(F)c2C1=O. The van der Waals surface area contributed by atoms with Crippen molar-refractivity contribution < 1.29 is 31.5 Å². The number of hydrogen-bond donors (Lipinski definition) is 1. The van der Waals surface area contributed by atoms with Crippen LogP contribution in [0.4, 0.5) is 22.0 Å². The van der Waals surface area contributed by atoms with E-state index in [4.69, 9.17) is 0 Å². The van der Waals surface area contributed by atoms with Crippen molar-refractivity contribution in [3.05, 3.63) is 45.9 Å². The lowest BCUT2D eigenvalue weighted by atomic mass is 9.90. The lowest BCUT2D eigenvalue weighted by Gasteiger charge is -2.19. The first-order chi connectivity index (χ1) is 9.32. The van der Waals surface area contributed by atoms with Crippen molar-refractivity contribution in [3.8, 4) is 0 Å². The average Bonchev–Trinajstić information content (AvgIpc) is 2.42. The molecule has 0 saturated carbocycles. The molecule has 0 heterocycles. The van der Waals surface area contributed by atoms with E-state index >= 15 is 0 Å². The topological polar surface area (TPSA) is 46.2 Å². The van der Waals surface area contributed by atoms with Crippen LogP contribution < -0.4 is 5.32 Å². The molecule has 0 saturated heterocycles. The Bertz CT molecular complexity index is 681. The number of Topliss-reactive ketones (excluding diaryl/α,β-unsaturated/α-hetero) is 2. The minimum Gasteiger partial charge on any atom is -0.380 e. The van der Waals surface area contributed by atoms with Gasteiger partial charge in [-0.05, 0) is 6.92 Å². The van der Waals surface area contributed by atoms with Gasteiger partial charge in [-0.1, -0.05) is 0 Å². The minimum atomic E-state index is -2.28. The van der Waals surface area contributed by atoms with Crippen LogP contribution in [0.15, 0.2) is 11.5 Å². The smallest absolute Gasteiger partial charge is 0.227 e. The van der Waals surface area contributed by atoms with E-state index in [2.05, 4.69) is 5.32 Å². The summed E-state index contributed by atoms with van der Waals surface area (Å²) >= 11 is 0. The quantitative estimate of drug-likeness (QED) is 0.517. The third kappa shape index (κ3) is 1.71. The Kier molecular flexibility index (Phi) is 3.33. The predicted octanol–water partition coefficient (Wildman–Crippen LogP) is 2.41. The van der Waals surface area contributed by atoms with Gasteiger partial charge in [-0.2, -0.15) is 0 Å². The predicted molar refractivity (Wildman–Crippen MR) is 56.7 cm³/mol. The number of hydrogen-bond acceptors (Lipinski definition) is 3. The molecular weight excluding hydrogens is 285 g/mol. The number of benzene rings is 1. The maximum atomic E-state index is 13.6. The van der Waals surface area contributed by atoms with Crippen LogP contribution in [-0.2, 0) is 0 Å². The number of carbonyl (C=O) groups excluding carboxylic acids is 2. The highest BCUT2D eigenvalue weighted by Crippen LogP contribution is 2.32. The van der Waals surface area contributed by atoms with Crippen molar-refractivity contribution in [1.82, 2.24) is 5.32 Å². The highest BCUT2D eigenvalue weighted by Gasteiger charge is 2.40. The molecule has 8 heteroatoms. The largest absolute Gasteiger partial charge is 0.380 e. The first-order valence-corrected chi connectivity index (χ1v) is 5.41. The van der Waals surface area contributed by atoms with Crippen molar-refractivity contribution >= 4 is 11.6 Å². The number of nitrogens with one attached hydrogen (secondary N) is 1. The summed E-state index contributed by atoms with van der Waals surface area (Å²) in [6, 6.07) is 0. The number of ketones is 2. The zero-order chi connectivity index (χ0) is 15.2. The van der Waals surface area contributed by atoms with Crippen LogP contribution in [0.2, 0.25) is 0 Å². The van der Waals surface area contributed by atoms with Gasteiger partial charge in [-0.15, -0.1) is 0 Å². The molecule has 0 fully saturated rings. The summed E-state index contributed by atoms with van der Waals surface area (Å²) in [5, 5.41) is 2.17. The molecule has 0 unspecified atom stereocenters. The Hall–Kier alpha value is -2.25. The summed E-state index contributed by atoms with van der Waals surface area (Å²) in [4.78, 5) is 23.4. The molecule has 0 radical (unpaired) electrons. The molecule has 1 N–H and O–H groups in total. The molecular formula is C12H6F5NO2. The summed E-state index contributed by atoms with van der Waals surface area (Å²) in [6.45, 7) is 1.46. The van der Waals surface area contributed by atoms with E-state index in [1.54, 1.807) is 0 Å². The molecule has 1 aromatic carbocycles. The van der Waals surface area contributed by atoms with Crippen LogP contribution in [0.25, 0.3) is 0 Å². The molecule has 2 rings (SSSR count). The van der Waals surface area contributed by atoms with E-state index in [9.17, 15) is 31.5 Å². The number of fused-ring (bicyclic) bond motifs is 1. The van der Waals surface area contributed by atoms with Crippen molar-refractivity contribution in [3.63, 3.8) is 0 Å². The molecule has 20 heavy (non-hydrogen) atoms. The fraction of sp³-hybridized carbons (Fsp3) is 0.167. The molecule has 0 spiro atoms. The molecule has 106 valence electrons. The van der Waals surface area contributed by atoms with Crippen LogP contribution in [0.3, 0.4) is 0 Å². The minimum absolute atomic E-state index is 0.00485. The first kappa shape index (κ1) is 14.2. The van der Waals surface area contributed by atoms with Crippen molar-refractivity contribution in [2.24, 2.45) is 0 Å². The lowest BCUT2D eigenvalue weighted by molar-refractivity contribution is 0.0937. The van der Waals surface area contributed by atoms with Crippen LogP contribution in [-0.4, -0.2) is 18.1 Å². The van der Waals surface area contributed by atoms with Crippen LogP contribution in [0.1, 0.15) is 27.6 Å².